The van der Waals surface area contributed by atoms with Crippen LogP contribution in [0.25, 0.3) is 0 Å². The summed E-state index contributed by atoms with van der Waals surface area (Å²) in [6.45, 7) is 0.225. The molecular weight excluding hydrogens is 318 g/mol. The average Bonchev–Trinajstić information content (AvgIpc) is 2.42. The van der Waals surface area contributed by atoms with Gasteiger partial charge in [-0.05, 0) is 12.8 Å². The second-order valence-corrected chi connectivity index (χ2v) is 6.92. The number of hydrogen-bond donors (Lipinski definition) is 2. The van der Waals surface area contributed by atoms with Crippen LogP contribution in [0.5, 0.6) is 0 Å². The van der Waals surface area contributed by atoms with E-state index < -0.39 is 8.60 Å². The second-order valence-electron chi connectivity index (χ2n) is 5.16. The first-order valence-electron chi connectivity index (χ1n) is 7.67. The molecule has 0 aromatic carbocycles. The molecule has 0 bridgehead atoms. The minimum absolute atomic E-state index is 0.110. The van der Waals surface area contributed by atoms with Gasteiger partial charge in [-0.3, -0.25) is 0 Å². The number of hydrogen-bond acceptors (Lipinski definition) is 3. The van der Waals surface area contributed by atoms with Gasteiger partial charge in [0.15, 0.2) is 0 Å². The Morgan fingerprint density at radius 3 is 1.70 bits per heavy atom. The molecule has 0 amide bonds. The Balaban J connectivity index is 3.09. The Morgan fingerprint density at radius 1 is 0.800 bits per heavy atom. The maximum Gasteiger partial charge on any atom is 0.327 e. The van der Waals surface area contributed by atoms with Gasteiger partial charge in [-0.15, -0.1) is 23.2 Å². The maximum atomic E-state index is 8.59. The van der Waals surface area contributed by atoms with E-state index in [1.807, 2.05) is 0 Å². The predicted octanol–water partition coefficient (Wildman–Crippen LogP) is 5.35. The first kappa shape index (κ1) is 20.9. The van der Waals surface area contributed by atoms with Gasteiger partial charge < -0.3 is 14.3 Å². The molecule has 0 fully saturated rings. The van der Waals surface area contributed by atoms with Gasteiger partial charge in [-0.1, -0.05) is 57.8 Å². The molecule has 0 aliphatic carbocycles. The molecule has 2 N–H and O–H groups in total. The summed E-state index contributed by atoms with van der Waals surface area (Å²) in [4.78, 5) is 17.2. The van der Waals surface area contributed by atoms with Crippen molar-refractivity contribution >= 4 is 31.8 Å². The van der Waals surface area contributed by atoms with E-state index >= 15 is 0 Å². The van der Waals surface area contributed by atoms with Gasteiger partial charge in [-0.2, -0.15) is 0 Å². The van der Waals surface area contributed by atoms with Crippen molar-refractivity contribution in [2.24, 2.45) is 0 Å². The average molecular weight is 347 g/mol. The number of alkyl halides is 2. The molecule has 0 saturated carbocycles. The molecule has 0 aromatic heterocycles. The fourth-order valence-corrected chi connectivity index (χ4v) is 2.91. The lowest BCUT2D eigenvalue weighted by atomic mass is 10.1. The van der Waals surface area contributed by atoms with E-state index in [9.17, 15) is 0 Å². The molecule has 0 saturated heterocycles. The zero-order chi connectivity index (χ0) is 15.1. The fraction of sp³-hybridized carbons (Fsp3) is 1.00. The topological polar surface area (TPSA) is 49.7 Å². The van der Waals surface area contributed by atoms with Crippen LogP contribution in [-0.2, 0) is 4.52 Å². The lowest BCUT2D eigenvalue weighted by molar-refractivity contribution is 0.250. The molecule has 0 heterocycles. The first-order chi connectivity index (χ1) is 9.66. The lowest BCUT2D eigenvalue weighted by Crippen LogP contribution is -2.06. The highest BCUT2D eigenvalue weighted by atomic mass is 35.5. The van der Waals surface area contributed by atoms with Crippen molar-refractivity contribution in [3.05, 3.63) is 0 Å². The van der Waals surface area contributed by atoms with E-state index in [1.165, 1.54) is 51.4 Å². The minimum atomic E-state index is -2.26. The van der Waals surface area contributed by atoms with Gasteiger partial charge in [0.2, 0.25) is 0 Å². The molecule has 0 radical (unpaired) electrons. The van der Waals surface area contributed by atoms with Crippen LogP contribution in [0.1, 0.15) is 70.6 Å². The third-order valence-electron chi connectivity index (χ3n) is 3.27. The second kappa shape index (κ2) is 16.3. The van der Waals surface area contributed by atoms with Crippen LogP contribution in [0.2, 0.25) is 0 Å². The van der Waals surface area contributed by atoms with Crippen LogP contribution < -0.4 is 0 Å². The summed E-state index contributed by atoms with van der Waals surface area (Å²) >= 11 is 11.6. The van der Waals surface area contributed by atoms with Crippen LogP contribution in [-0.4, -0.2) is 27.7 Å². The third kappa shape index (κ3) is 16.9. The van der Waals surface area contributed by atoms with Crippen molar-refractivity contribution < 1.29 is 14.3 Å². The van der Waals surface area contributed by atoms with E-state index in [-0.39, 0.29) is 12.0 Å². The van der Waals surface area contributed by atoms with Crippen molar-refractivity contribution in [1.29, 1.82) is 0 Å². The molecule has 3 nitrogen and oxygen atoms in total. The minimum Gasteiger partial charge on any atom is -0.328 e. The highest BCUT2D eigenvalue weighted by Crippen LogP contribution is 2.26. The molecule has 20 heavy (non-hydrogen) atoms. The van der Waals surface area contributed by atoms with Gasteiger partial charge in [0.1, 0.15) is 0 Å². The molecule has 0 aromatic rings. The SMILES string of the molecule is OP(O)OCC(Cl)CCCCCCCCCCCCCl. The lowest BCUT2D eigenvalue weighted by Gasteiger charge is -2.10. The molecule has 122 valence electrons. The smallest absolute Gasteiger partial charge is 0.327 e. The number of halogens is 2. The Labute approximate surface area is 135 Å². The quantitative estimate of drug-likeness (QED) is 0.238. The van der Waals surface area contributed by atoms with Crippen molar-refractivity contribution in [3.8, 4) is 0 Å². The summed E-state index contributed by atoms with van der Waals surface area (Å²) in [5.74, 6) is 0.797. The molecule has 0 aliphatic rings. The third-order valence-corrected chi connectivity index (χ3v) is 4.26. The van der Waals surface area contributed by atoms with Crippen molar-refractivity contribution in [2.45, 2.75) is 76.0 Å². The van der Waals surface area contributed by atoms with E-state index in [2.05, 4.69) is 4.52 Å². The zero-order valence-electron chi connectivity index (χ0n) is 12.3. The number of rotatable bonds is 15. The molecule has 0 spiro atoms. The Hall–Kier alpha value is 0.890. The van der Waals surface area contributed by atoms with Crippen LogP contribution in [0.3, 0.4) is 0 Å². The van der Waals surface area contributed by atoms with Gasteiger partial charge in [0, 0.05) is 5.88 Å². The van der Waals surface area contributed by atoms with Gasteiger partial charge in [0.05, 0.1) is 12.0 Å². The first-order valence-corrected chi connectivity index (χ1v) is 9.81. The summed E-state index contributed by atoms with van der Waals surface area (Å²) < 4.78 is 4.69. The molecule has 1 atom stereocenters. The normalized spacial score (nSPS) is 13.1. The van der Waals surface area contributed by atoms with E-state index in [1.54, 1.807) is 0 Å². The summed E-state index contributed by atoms with van der Waals surface area (Å²) in [7, 11) is -2.26. The maximum absolute atomic E-state index is 8.59. The van der Waals surface area contributed by atoms with Gasteiger partial charge >= 0.3 is 8.60 Å². The van der Waals surface area contributed by atoms with Crippen molar-refractivity contribution in [1.82, 2.24) is 0 Å². The summed E-state index contributed by atoms with van der Waals surface area (Å²) in [5, 5.41) is -0.110. The monoisotopic (exact) mass is 346 g/mol. The van der Waals surface area contributed by atoms with Crippen LogP contribution in [0.15, 0.2) is 0 Å². The van der Waals surface area contributed by atoms with Gasteiger partial charge in [-0.25, -0.2) is 0 Å². The van der Waals surface area contributed by atoms with Crippen LogP contribution in [0, 0.1) is 0 Å². The largest absolute Gasteiger partial charge is 0.328 e. The van der Waals surface area contributed by atoms with Crippen LogP contribution in [0.4, 0.5) is 0 Å². The van der Waals surface area contributed by atoms with Crippen molar-refractivity contribution in [3.63, 3.8) is 0 Å². The Kier molecular flexibility index (Phi) is 17.0. The molecule has 6 heteroatoms. The van der Waals surface area contributed by atoms with Gasteiger partial charge in [0.25, 0.3) is 0 Å². The summed E-state index contributed by atoms with van der Waals surface area (Å²) in [6, 6.07) is 0. The molecule has 0 rings (SSSR count). The van der Waals surface area contributed by atoms with E-state index in [4.69, 9.17) is 33.0 Å². The molecule has 0 aliphatic heterocycles. The fourth-order valence-electron chi connectivity index (χ4n) is 2.11. The zero-order valence-corrected chi connectivity index (χ0v) is 14.7. The number of unbranched alkanes of at least 4 members (excludes halogenated alkanes) is 9. The summed E-state index contributed by atoms with van der Waals surface area (Å²) in [6.07, 6.45) is 13.5. The Bertz CT molecular complexity index is 197. The molecular formula is C14H29Cl2O3P. The highest BCUT2D eigenvalue weighted by Gasteiger charge is 2.07. The Morgan fingerprint density at radius 2 is 1.25 bits per heavy atom. The van der Waals surface area contributed by atoms with Crippen molar-refractivity contribution in [2.75, 3.05) is 12.5 Å². The molecule has 1 unspecified atom stereocenters. The highest BCUT2D eigenvalue weighted by molar-refractivity contribution is 7.39. The standard InChI is InChI=1S/C14H29Cl2O3P/c15-12-10-8-6-4-2-1-3-5-7-9-11-14(16)13-19-20(17)18/h14,17-18H,1-13H2. The van der Waals surface area contributed by atoms with E-state index in [0.29, 0.717) is 0 Å². The van der Waals surface area contributed by atoms with Crippen LogP contribution >= 0.6 is 31.8 Å². The van der Waals surface area contributed by atoms with E-state index in [0.717, 1.165) is 25.1 Å². The predicted molar refractivity (Wildman–Crippen MR) is 88.5 cm³/mol. The summed E-state index contributed by atoms with van der Waals surface area (Å²) in [5.41, 5.74) is 0.